The number of rotatable bonds is 4. The Morgan fingerprint density at radius 1 is 1.50 bits per heavy atom. The smallest absolute Gasteiger partial charge is 0.320 e. The molecule has 0 spiro atoms. The normalized spacial score (nSPS) is 14.7. The van der Waals surface area contributed by atoms with Crippen molar-refractivity contribution >= 4 is 11.9 Å². The lowest BCUT2D eigenvalue weighted by Gasteiger charge is -2.22. The Bertz CT molecular complexity index is 314. The molecule has 0 aromatic rings. The molecule has 2 unspecified atom stereocenters. The minimum absolute atomic E-state index is 0.249. The second-order valence-electron chi connectivity index (χ2n) is 4.40. The van der Waals surface area contributed by atoms with Crippen molar-refractivity contribution in [2.24, 2.45) is 11.7 Å². The highest BCUT2D eigenvalue weighted by Crippen LogP contribution is 2.15. The molecule has 0 aromatic carbocycles. The summed E-state index contributed by atoms with van der Waals surface area (Å²) in [5.41, 5.74) is 4.52. The fourth-order valence-corrected chi connectivity index (χ4v) is 0.977. The predicted molar refractivity (Wildman–Crippen MR) is 55.2 cm³/mol. The van der Waals surface area contributed by atoms with E-state index in [2.05, 4.69) is 0 Å². The highest BCUT2D eigenvalue weighted by atomic mass is 16.6. The van der Waals surface area contributed by atoms with Gasteiger partial charge in [-0.05, 0) is 27.2 Å². The second kappa shape index (κ2) is 5.47. The highest BCUT2D eigenvalue weighted by Gasteiger charge is 2.32. The minimum atomic E-state index is -1.39. The molecule has 0 bridgehead atoms. The van der Waals surface area contributed by atoms with E-state index in [1.807, 2.05) is 0 Å². The highest BCUT2D eigenvalue weighted by molar-refractivity contribution is 5.94. The lowest BCUT2D eigenvalue weighted by molar-refractivity contribution is -0.167. The summed E-state index contributed by atoms with van der Waals surface area (Å²) in [5, 5.41) is 17.3. The number of hydrogen-bond acceptors (Lipinski definition) is 5. The molecule has 0 aliphatic rings. The van der Waals surface area contributed by atoms with Gasteiger partial charge in [0.15, 0.2) is 5.92 Å². The molecule has 2 atom stereocenters. The molecule has 6 nitrogen and oxygen atoms in total. The summed E-state index contributed by atoms with van der Waals surface area (Å²) in [5.74, 6) is -3.60. The number of carbonyl (C=O) groups excluding carboxylic acids is 1. The van der Waals surface area contributed by atoms with E-state index >= 15 is 0 Å². The fourth-order valence-electron chi connectivity index (χ4n) is 0.977. The summed E-state index contributed by atoms with van der Waals surface area (Å²) >= 11 is 0. The monoisotopic (exact) mass is 228 g/mol. The van der Waals surface area contributed by atoms with E-state index in [0.717, 1.165) is 0 Å². The molecule has 0 aromatic heterocycles. The van der Waals surface area contributed by atoms with Gasteiger partial charge in [-0.25, -0.2) is 0 Å². The first-order valence-corrected chi connectivity index (χ1v) is 4.78. The summed E-state index contributed by atoms with van der Waals surface area (Å²) in [6.45, 7) is 4.90. The Morgan fingerprint density at radius 3 is 2.31 bits per heavy atom. The van der Waals surface area contributed by atoms with E-state index < -0.39 is 29.5 Å². The minimum Gasteiger partial charge on any atom is -0.481 e. The standard InChI is InChI=1S/C10H16N2O4/c1-10(2,3)16-9(15)7(8(13)14)4-6(12)5-11/h6-7H,4,12H2,1-3H3,(H,13,14). The van der Waals surface area contributed by atoms with Gasteiger partial charge in [0.1, 0.15) is 5.60 Å². The van der Waals surface area contributed by atoms with E-state index in [1.54, 1.807) is 26.8 Å². The predicted octanol–water partition coefficient (Wildman–Crippen LogP) is 0.270. The number of nitriles is 1. The summed E-state index contributed by atoms with van der Waals surface area (Å²) < 4.78 is 4.92. The fraction of sp³-hybridized carbons (Fsp3) is 0.700. The van der Waals surface area contributed by atoms with Gasteiger partial charge in [0.2, 0.25) is 0 Å². The molecule has 0 amide bonds. The van der Waals surface area contributed by atoms with Crippen molar-refractivity contribution in [3.63, 3.8) is 0 Å². The van der Waals surface area contributed by atoms with E-state index in [0.29, 0.717) is 0 Å². The number of carboxylic acid groups (broad SMARTS) is 1. The van der Waals surface area contributed by atoms with Gasteiger partial charge in [-0.3, -0.25) is 9.59 Å². The first-order chi connectivity index (χ1) is 7.17. The number of carboxylic acids is 1. The number of carbonyl (C=O) groups is 2. The number of aliphatic carboxylic acids is 1. The zero-order valence-corrected chi connectivity index (χ0v) is 9.56. The van der Waals surface area contributed by atoms with Crippen LogP contribution in [0.4, 0.5) is 0 Å². The van der Waals surface area contributed by atoms with Crippen molar-refractivity contribution in [3.05, 3.63) is 0 Å². The molecule has 6 heteroatoms. The third-order valence-electron chi connectivity index (χ3n) is 1.64. The molecule has 0 aliphatic carbocycles. The van der Waals surface area contributed by atoms with Gasteiger partial charge in [0.25, 0.3) is 0 Å². The average Bonchev–Trinajstić information content (AvgIpc) is 2.09. The zero-order valence-electron chi connectivity index (χ0n) is 9.56. The number of nitrogens with two attached hydrogens (primary N) is 1. The van der Waals surface area contributed by atoms with Crippen molar-refractivity contribution in [1.29, 1.82) is 5.26 Å². The van der Waals surface area contributed by atoms with Crippen LogP contribution in [0.1, 0.15) is 27.2 Å². The van der Waals surface area contributed by atoms with Gasteiger partial charge in [0.05, 0.1) is 12.1 Å². The molecule has 90 valence electrons. The van der Waals surface area contributed by atoms with E-state index in [1.165, 1.54) is 0 Å². The lowest BCUT2D eigenvalue weighted by Crippen LogP contribution is -2.36. The Hall–Kier alpha value is -1.61. The molecule has 0 saturated carbocycles. The van der Waals surface area contributed by atoms with Gasteiger partial charge >= 0.3 is 11.9 Å². The van der Waals surface area contributed by atoms with Crippen LogP contribution in [0.2, 0.25) is 0 Å². The summed E-state index contributed by atoms with van der Waals surface area (Å²) in [6, 6.07) is 0.683. The summed E-state index contributed by atoms with van der Waals surface area (Å²) in [7, 11) is 0. The molecule has 0 fully saturated rings. The van der Waals surface area contributed by atoms with Gasteiger partial charge in [-0.1, -0.05) is 0 Å². The van der Waals surface area contributed by atoms with Gasteiger partial charge in [-0.2, -0.15) is 5.26 Å². The van der Waals surface area contributed by atoms with E-state index in [4.69, 9.17) is 20.8 Å². The Kier molecular flexibility index (Phi) is 4.92. The van der Waals surface area contributed by atoms with Crippen LogP contribution in [0.5, 0.6) is 0 Å². The van der Waals surface area contributed by atoms with Crippen molar-refractivity contribution in [2.45, 2.75) is 38.8 Å². The van der Waals surface area contributed by atoms with Crippen LogP contribution < -0.4 is 5.73 Å². The van der Waals surface area contributed by atoms with Crippen LogP contribution in [-0.4, -0.2) is 28.7 Å². The summed E-state index contributed by atoms with van der Waals surface area (Å²) in [6.07, 6.45) is -0.249. The maximum Gasteiger partial charge on any atom is 0.320 e. The van der Waals surface area contributed by atoms with Crippen LogP contribution in [0.3, 0.4) is 0 Å². The molecular weight excluding hydrogens is 212 g/mol. The largest absolute Gasteiger partial charge is 0.481 e. The van der Waals surface area contributed by atoms with Crippen LogP contribution in [0, 0.1) is 17.2 Å². The van der Waals surface area contributed by atoms with Crippen LogP contribution in [0.25, 0.3) is 0 Å². The topological polar surface area (TPSA) is 113 Å². The number of hydrogen-bond donors (Lipinski definition) is 2. The van der Waals surface area contributed by atoms with Gasteiger partial charge < -0.3 is 15.6 Å². The molecule has 3 N–H and O–H groups in total. The molecule has 0 heterocycles. The Morgan fingerprint density at radius 2 is 2.00 bits per heavy atom. The molecular formula is C10H16N2O4. The van der Waals surface area contributed by atoms with Crippen molar-refractivity contribution < 1.29 is 19.4 Å². The zero-order chi connectivity index (χ0) is 12.9. The van der Waals surface area contributed by atoms with Crippen molar-refractivity contribution in [1.82, 2.24) is 0 Å². The van der Waals surface area contributed by atoms with E-state index in [9.17, 15) is 9.59 Å². The quantitative estimate of drug-likeness (QED) is 0.527. The van der Waals surface area contributed by atoms with Gasteiger partial charge in [-0.15, -0.1) is 0 Å². The SMILES string of the molecule is CC(C)(C)OC(=O)C(CC(N)C#N)C(=O)O. The molecule has 0 saturated heterocycles. The maximum absolute atomic E-state index is 11.5. The average molecular weight is 228 g/mol. The Balaban J connectivity index is 4.62. The Labute approximate surface area is 94.0 Å². The van der Waals surface area contributed by atoms with Crippen LogP contribution in [-0.2, 0) is 14.3 Å². The number of ether oxygens (including phenoxy) is 1. The molecule has 0 rings (SSSR count). The first-order valence-electron chi connectivity index (χ1n) is 4.78. The van der Waals surface area contributed by atoms with Crippen molar-refractivity contribution in [2.75, 3.05) is 0 Å². The number of nitrogens with zero attached hydrogens (tertiary/aromatic N) is 1. The molecule has 0 aliphatic heterocycles. The third kappa shape index (κ3) is 5.32. The van der Waals surface area contributed by atoms with Crippen LogP contribution >= 0.6 is 0 Å². The third-order valence-corrected chi connectivity index (χ3v) is 1.64. The second-order valence-corrected chi connectivity index (χ2v) is 4.40. The van der Waals surface area contributed by atoms with E-state index in [-0.39, 0.29) is 6.42 Å². The maximum atomic E-state index is 11.5. The first kappa shape index (κ1) is 14.4. The van der Waals surface area contributed by atoms with Crippen molar-refractivity contribution in [3.8, 4) is 6.07 Å². The molecule has 0 radical (unpaired) electrons. The van der Waals surface area contributed by atoms with Gasteiger partial charge in [0, 0.05) is 0 Å². The van der Waals surface area contributed by atoms with Crippen LogP contribution in [0.15, 0.2) is 0 Å². The molecule has 16 heavy (non-hydrogen) atoms. The summed E-state index contributed by atoms with van der Waals surface area (Å²) in [4.78, 5) is 22.3. The lowest BCUT2D eigenvalue weighted by atomic mass is 10.0. The number of esters is 1.